The molecule has 0 spiro atoms. The summed E-state index contributed by atoms with van der Waals surface area (Å²) < 4.78 is 13.2. The fourth-order valence-electron chi connectivity index (χ4n) is 3.45. The normalized spacial score (nSPS) is 12.1. The molecule has 29 heavy (non-hydrogen) atoms. The largest absolute Gasteiger partial charge is 0.496 e. The standard InChI is InChI=1S/C22H20ClN3O3/c1-13-16-12-14(23)8-9-18(16)29-20(13)22(27)25-19(21-24-10-11-26(21)2)15-6-4-5-7-17(15)28-3/h4-12,19H,1-3H3,(H,25,27). The predicted molar refractivity (Wildman–Crippen MR) is 111 cm³/mol. The van der Waals surface area contributed by atoms with Crippen LogP contribution in [-0.4, -0.2) is 22.6 Å². The van der Waals surface area contributed by atoms with E-state index in [1.807, 2.05) is 49.0 Å². The van der Waals surface area contributed by atoms with Crippen molar-refractivity contribution in [2.24, 2.45) is 7.05 Å². The number of aryl methyl sites for hydroxylation is 2. The lowest BCUT2D eigenvalue weighted by molar-refractivity contribution is 0.0914. The summed E-state index contributed by atoms with van der Waals surface area (Å²) >= 11 is 6.10. The highest BCUT2D eigenvalue weighted by atomic mass is 35.5. The molecule has 1 atom stereocenters. The van der Waals surface area contributed by atoms with E-state index in [2.05, 4.69) is 10.3 Å². The number of carbonyl (C=O) groups is 1. The van der Waals surface area contributed by atoms with Crippen molar-refractivity contribution in [3.05, 3.63) is 82.6 Å². The van der Waals surface area contributed by atoms with E-state index in [-0.39, 0.29) is 11.7 Å². The van der Waals surface area contributed by atoms with Gasteiger partial charge < -0.3 is 19.0 Å². The van der Waals surface area contributed by atoms with E-state index in [4.69, 9.17) is 20.8 Å². The summed E-state index contributed by atoms with van der Waals surface area (Å²) in [6.45, 7) is 1.84. The molecule has 148 valence electrons. The average molecular weight is 410 g/mol. The number of ether oxygens (including phenoxy) is 1. The monoisotopic (exact) mass is 409 g/mol. The number of nitrogens with zero attached hydrogens (tertiary/aromatic N) is 2. The molecule has 0 radical (unpaired) electrons. The van der Waals surface area contributed by atoms with E-state index in [9.17, 15) is 4.79 Å². The second-order valence-electron chi connectivity index (χ2n) is 6.74. The number of aromatic nitrogens is 2. The third-order valence-corrected chi connectivity index (χ3v) is 5.18. The van der Waals surface area contributed by atoms with Crippen LogP contribution in [0.2, 0.25) is 5.02 Å². The number of halogens is 1. The summed E-state index contributed by atoms with van der Waals surface area (Å²) in [5.41, 5.74) is 2.15. The third kappa shape index (κ3) is 3.47. The van der Waals surface area contributed by atoms with Gasteiger partial charge in [-0.1, -0.05) is 29.8 Å². The van der Waals surface area contributed by atoms with Gasteiger partial charge in [-0.15, -0.1) is 0 Å². The number of benzene rings is 2. The first-order valence-electron chi connectivity index (χ1n) is 9.09. The molecule has 1 N–H and O–H groups in total. The number of hydrogen-bond acceptors (Lipinski definition) is 4. The van der Waals surface area contributed by atoms with Crippen LogP contribution in [0, 0.1) is 6.92 Å². The van der Waals surface area contributed by atoms with Crippen LogP contribution in [-0.2, 0) is 7.05 Å². The number of fused-ring (bicyclic) bond motifs is 1. The molecular weight excluding hydrogens is 390 g/mol. The number of rotatable bonds is 5. The molecular formula is C22H20ClN3O3. The van der Waals surface area contributed by atoms with E-state index in [1.165, 1.54) is 0 Å². The maximum atomic E-state index is 13.2. The van der Waals surface area contributed by atoms with E-state index < -0.39 is 6.04 Å². The second kappa shape index (κ2) is 7.64. The Bertz CT molecular complexity index is 1200. The van der Waals surface area contributed by atoms with Gasteiger partial charge in [0, 0.05) is 41.0 Å². The van der Waals surface area contributed by atoms with Gasteiger partial charge in [-0.05, 0) is 31.2 Å². The smallest absolute Gasteiger partial charge is 0.288 e. The molecule has 0 saturated heterocycles. The van der Waals surface area contributed by atoms with Crippen molar-refractivity contribution in [3.63, 3.8) is 0 Å². The number of methoxy groups -OCH3 is 1. The average Bonchev–Trinajstić information content (AvgIpc) is 3.29. The number of carbonyl (C=O) groups excluding carboxylic acids is 1. The van der Waals surface area contributed by atoms with Crippen LogP contribution in [0.1, 0.15) is 33.5 Å². The minimum Gasteiger partial charge on any atom is -0.496 e. The van der Waals surface area contributed by atoms with Gasteiger partial charge >= 0.3 is 0 Å². The second-order valence-corrected chi connectivity index (χ2v) is 7.18. The fraction of sp³-hybridized carbons (Fsp3) is 0.182. The van der Waals surface area contributed by atoms with Crippen LogP contribution < -0.4 is 10.1 Å². The highest BCUT2D eigenvalue weighted by Gasteiger charge is 2.27. The van der Waals surface area contributed by atoms with E-state index in [0.29, 0.717) is 22.2 Å². The highest BCUT2D eigenvalue weighted by molar-refractivity contribution is 6.31. The number of para-hydroxylation sites is 1. The van der Waals surface area contributed by atoms with Crippen LogP contribution in [0.5, 0.6) is 5.75 Å². The fourth-order valence-corrected chi connectivity index (χ4v) is 3.62. The molecule has 0 aliphatic heterocycles. The number of nitrogens with one attached hydrogen (secondary N) is 1. The first kappa shape index (κ1) is 19.1. The van der Waals surface area contributed by atoms with Gasteiger partial charge in [-0.25, -0.2) is 4.98 Å². The quantitative estimate of drug-likeness (QED) is 0.520. The van der Waals surface area contributed by atoms with E-state index in [1.54, 1.807) is 31.5 Å². The number of imidazole rings is 1. The number of furan rings is 1. The van der Waals surface area contributed by atoms with Crippen molar-refractivity contribution in [1.29, 1.82) is 0 Å². The van der Waals surface area contributed by atoms with Crippen molar-refractivity contribution in [2.45, 2.75) is 13.0 Å². The SMILES string of the molecule is COc1ccccc1C(NC(=O)c1oc2ccc(Cl)cc2c1C)c1nccn1C. The Morgan fingerprint density at radius 2 is 2.07 bits per heavy atom. The molecule has 6 nitrogen and oxygen atoms in total. The number of amides is 1. The maximum absolute atomic E-state index is 13.2. The van der Waals surface area contributed by atoms with Crippen molar-refractivity contribution in [3.8, 4) is 5.75 Å². The molecule has 2 aromatic carbocycles. The Hall–Kier alpha value is -3.25. The van der Waals surface area contributed by atoms with Gasteiger partial charge in [-0.3, -0.25) is 4.79 Å². The van der Waals surface area contributed by atoms with Gasteiger partial charge in [0.05, 0.1) is 7.11 Å². The molecule has 4 aromatic rings. The molecule has 4 rings (SSSR count). The van der Waals surface area contributed by atoms with Gasteiger partial charge in [0.25, 0.3) is 5.91 Å². The van der Waals surface area contributed by atoms with Crippen LogP contribution in [0.4, 0.5) is 0 Å². The van der Waals surface area contributed by atoms with Crippen molar-refractivity contribution >= 4 is 28.5 Å². The Labute approximate surface area is 173 Å². The maximum Gasteiger partial charge on any atom is 0.288 e. The Morgan fingerprint density at radius 1 is 1.28 bits per heavy atom. The van der Waals surface area contributed by atoms with Crippen molar-refractivity contribution in [2.75, 3.05) is 7.11 Å². The molecule has 1 unspecified atom stereocenters. The molecule has 0 aliphatic rings. The summed E-state index contributed by atoms with van der Waals surface area (Å²) in [5.74, 6) is 1.25. The minimum atomic E-state index is -0.519. The van der Waals surface area contributed by atoms with Crippen molar-refractivity contribution < 1.29 is 13.9 Å². The summed E-state index contributed by atoms with van der Waals surface area (Å²) in [6, 6.07) is 12.3. The molecule has 1 amide bonds. The Balaban J connectivity index is 1.76. The minimum absolute atomic E-state index is 0.247. The Morgan fingerprint density at radius 3 is 2.79 bits per heavy atom. The molecule has 2 aromatic heterocycles. The zero-order chi connectivity index (χ0) is 20.5. The predicted octanol–water partition coefficient (Wildman–Crippen LogP) is 4.66. The summed E-state index contributed by atoms with van der Waals surface area (Å²) in [5, 5.41) is 4.46. The van der Waals surface area contributed by atoms with Crippen LogP contribution >= 0.6 is 11.6 Å². The number of hydrogen-bond donors (Lipinski definition) is 1. The van der Waals surface area contributed by atoms with Gasteiger partial charge in [0.1, 0.15) is 23.2 Å². The summed E-state index contributed by atoms with van der Waals surface area (Å²) in [7, 11) is 3.48. The summed E-state index contributed by atoms with van der Waals surface area (Å²) in [6.07, 6.45) is 3.52. The lowest BCUT2D eigenvalue weighted by atomic mass is 10.0. The van der Waals surface area contributed by atoms with Gasteiger partial charge in [0.2, 0.25) is 0 Å². The molecule has 0 aliphatic carbocycles. The topological polar surface area (TPSA) is 69.3 Å². The van der Waals surface area contributed by atoms with Crippen molar-refractivity contribution in [1.82, 2.24) is 14.9 Å². The van der Waals surface area contributed by atoms with Gasteiger partial charge in [0.15, 0.2) is 5.76 Å². The molecule has 0 fully saturated rings. The first-order valence-corrected chi connectivity index (χ1v) is 9.47. The Kier molecular flexibility index (Phi) is 5.03. The van der Waals surface area contributed by atoms with Crippen LogP contribution in [0.25, 0.3) is 11.0 Å². The molecule has 0 saturated carbocycles. The van der Waals surface area contributed by atoms with Crippen LogP contribution in [0.3, 0.4) is 0 Å². The molecule has 0 bridgehead atoms. The zero-order valence-corrected chi connectivity index (χ0v) is 17.0. The molecule has 7 heteroatoms. The highest BCUT2D eigenvalue weighted by Crippen LogP contribution is 2.31. The van der Waals surface area contributed by atoms with E-state index in [0.717, 1.165) is 16.5 Å². The first-order chi connectivity index (χ1) is 14.0. The molecule has 2 heterocycles. The third-order valence-electron chi connectivity index (χ3n) is 4.95. The lowest BCUT2D eigenvalue weighted by Crippen LogP contribution is -2.31. The summed E-state index contributed by atoms with van der Waals surface area (Å²) in [4.78, 5) is 17.6. The lowest BCUT2D eigenvalue weighted by Gasteiger charge is -2.21. The van der Waals surface area contributed by atoms with E-state index >= 15 is 0 Å². The van der Waals surface area contributed by atoms with Gasteiger partial charge in [-0.2, -0.15) is 0 Å². The zero-order valence-electron chi connectivity index (χ0n) is 16.3. The van der Waals surface area contributed by atoms with Crippen LogP contribution in [0.15, 0.2) is 59.3 Å².